The van der Waals surface area contributed by atoms with Crippen molar-refractivity contribution in [3.63, 3.8) is 0 Å². The lowest BCUT2D eigenvalue weighted by atomic mass is 10.2. The van der Waals surface area contributed by atoms with E-state index in [-0.39, 0.29) is 22.1 Å². The highest BCUT2D eigenvalue weighted by atomic mass is 32.2. The molecule has 0 bridgehead atoms. The standard InChI is InChI=1S/C17H22N4O3S2/c1-13-5-6-14(19-16(22)12-20-9-10-25-17(20)18)11-15(13)26(23,24)21-7-3-2-4-8-21/h5-6,9-11,18H,2-4,7-8,12H2,1H3,(H,19,22). The van der Waals surface area contributed by atoms with E-state index in [2.05, 4.69) is 5.32 Å². The molecule has 7 nitrogen and oxygen atoms in total. The minimum atomic E-state index is -3.56. The zero-order valence-electron chi connectivity index (χ0n) is 14.6. The Balaban J connectivity index is 1.80. The maximum atomic E-state index is 12.9. The van der Waals surface area contributed by atoms with Gasteiger partial charge in [0.05, 0.1) is 4.90 Å². The molecule has 2 heterocycles. The molecule has 1 aliphatic heterocycles. The molecule has 2 aromatic rings. The maximum absolute atomic E-state index is 12.9. The van der Waals surface area contributed by atoms with E-state index in [1.165, 1.54) is 26.3 Å². The number of anilines is 1. The third-order valence-electron chi connectivity index (χ3n) is 4.40. The lowest BCUT2D eigenvalue weighted by Crippen LogP contribution is -2.36. The first-order chi connectivity index (χ1) is 12.4. The summed E-state index contributed by atoms with van der Waals surface area (Å²) >= 11 is 1.24. The van der Waals surface area contributed by atoms with Crippen LogP contribution in [0.3, 0.4) is 0 Å². The van der Waals surface area contributed by atoms with Gasteiger partial charge in [-0.05, 0) is 37.5 Å². The lowest BCUT2D eigenvalue weighted by molar-refractivity contribution is -0.116. The Labute approximate surface area is 156 Å². The number of carbonyl (C=O) groups excluding carboxylic acids is 1. The van der Waals surface area contributed by atoms with Crippen LogP contribution in [0.2, 0.25) is 0 Å². The van der Waals surface area contributed by atoms with E-state index in [4.69, 9.17) is 5.41 Å². The van der Waals surface area contributed by atoms with Gasteiger partial charge in [0, 0.05) is 30.4 Å². The van der Waals surface area contributed by atoms with Gasteiger partial charge in [-0.1, -0.05) is 12.5 Å². The first-order valence-corrected chi connectivity index (χ1v) is 10.8. The van der Waals surface area contributed by atoms with Crippen molar-refractivity contribution in [3.8, 4) is 0 Å². The summed E-state index contributed by atoms with van der Waals surface area (Å²) in [7, 11) is -3.56. The Morgan fingerprint density at radius 2 is 2.00 bits per heavy atom. The molecule has 0 saturated carbocycles. The van der Waals surface area contributed by atoms with Crippen molar-refractivity contribution >= 4 is 33.0 Å². The SMILES string of the molecule is Cc1ccc(NC(=O)Cn2ccsc2=N)cc1S(=O)(=O)N1CCCCC1. The number of sulfonamides is 1. The van der Waals surface area contributed by atoms with Crippen molar-refractivity contribution in [1.29, 1.82) is 5.41 Å². The Kier molecular flexibility index (Phi) is 5.59. The van der Waals surface area contributed by atoms with Crippen LogP contribution in [0, 0.1) is 12.3 Å². The Morgan fingerprint density at radius 3 is 2.65 bits per heavy atom. The number of nitrogens with zero attached hydrogens (tertiary/aromatic N) is 2. The number of benzene rings is 1. The molecular weight excluding hydrogens is 372 g/mol. The second-order valence-corrected chi connectivity index (χ2v) is 9.13. The summed E-state index contributed by atoms with van der Waals surface area (Å²) in [5, 5.41) is 12.2. The fraction of sp³-hybridized carbons (Fsp3) is 0.412. The van der Waals surface area contributed by atoms with Gasteiger partial charge in [0.2, 0.25) is 15.9 Å². The van der Waals surface area contributed by atoms with Gasteiger partial charge in [0.15, 0.2) is 4.80 Å². The van der Waals surface area contributed by atoms with Crippen LogP contribution in [0.4, 0.5) is 5.69 Å². The molecule has 3 rings (SSSR count). The molecule has 1 aliphatic rings. The van der Waals surface area contributed by atoms with Crippen molar-refractivity contribution in [2.45, 2.75) is 37.6 Å². The minimum absolute atomic E-state index is 0.0183. The van der Waals surface area contributed by atoms with Gasteiger partial charge in [0.1, 0.15) is 6.54 Å². The Bertz CT molecular complexity index is 956. The molecular formula is C17H22N4O3S2. The highest BCUT2D eigenvalue weighted by Crippen LogP contribution is 2.26. The van der Waals surface area contributed by atoms with Crippen LogP contribution >= 0.6 is 11.3 Å². The third kappa shape index (κ3) is 4.05. The third-order valence-corrected chi connectivity index (χ3v) is 7.16. The number of thiazole rings is 1. The highest BCUT2D eigenvalue weighted by Gasteiger charge is 2.27. The van der Waals surface area contributed by atoms with Crippen LogP contribution in [0.25, 0.3) is 0 Å². The molecule has 1 amide bonds. The van der Waals surface area contributed by atoms with Crippen LogP contribution in [-0.4, -0.2) is 36.3 Å². The van der Waals surface area contributed by atoms with E-state index in [1.807, 2.05) is 0 Å². The molecule has 9 heteroatoms. The molecule has 1 saturated heterocycles. The van der Waals surface area contributed by atoms with Gasteiger partial charge in [-0.15, -0.1) is 11.3 Å². The second kappa shape index (κ2) is 7.73. The number of rotatable bonds is 5. The Morgan fingerprint density at radius 1 is 1.27 bits per heavy atom. The number of aryl methyl sites for hydroxylation is 1. The van der Waals surface area contributed by atoms with Gasteiger partial charge in [-0.25, -0.2) is 8.42 Å². The largest absolute Gasteiger partial charge is 0.324 e. The summed E-state index contributed by atoms with van der Waals surface area (Å²) in [5.74, 6) is -0.299. The van der Waals surface area contributed by atoms with Crippen LogP contribution in [0.5, 0.6) is 0 Å². The molecule has 26 heavy (non-hydrogen) atoms. The predicted octanol–water partition coefficient (Wildman–Crippen LogP) is 2.15. The van der Waals surface area contributed by atoms with E-state index in [9.17, 15) is 13.2 Å². The predicted molar refractivity (Wildman–Crippen MR) is 101 cm³/mol. The van der Waals surface area contributed by atoms with Crippen LogP contribution in [0.1, 0.15) is 24.8 Å². The van der Waals surface area contributed by atoms with Crippen LogP contribution < -0.4 is 10.1 Å². The lowest BCUT2D eigenvalue weighted by Gasteiger charge is -2.26. The number of hydrogen-bond donors (Lipinski definition) is 2. The van der Waals surface area contributed by atoms with Crippen molar-refractivity contribution in [2.75, 3.05) is 18.4 Å². The Hall–Kier alpha value is -1.97. The quantitative estimate of drug-likeness (QED) is 0.813. The van der Waals surface area contributed by atoms with Crippen molar-refractivity contribution in [1.82, 2.24) is 8.87 Å². The summed E-state index contributed by atoms with van der Waals surface area (Å²) in [6, 6.07) is 4.93. The monoisotopic (exact) mass is 394 g/mol. The number of aromatic nitrogens is 1. The average Bonchev–Trinajstić information content (AvgIpc) is 3.02. The zero-order chi connectivity index (χ0) is 18.7. The van der Waals surface area contributed by atoms with Gasteiger partial charge < -0.3 is 9.88 Å². The smallest absolute Gasteiger partial charge is 0.244 e. The van der Waals surface area contributed by atoms with Crippen LogP contribution in [0.15, 0.2) is 34.7 Å². The summed E-state index contributed by atoms with van der Waals surface area (Å²) in [6.07, 6.45) is 4.48. The van der Waals surface area contributed by atoms with Crippen LogP contribution in [-0.2, 0) is 21.4 Å². The first kappa shape index (κ1) is 18.8. The van der Waals surface area contributed by atoms with Crippen molar-refractivity contribution in [3.05, 3.63) is 40.1 Å². The van der Waals surface area contributed by atoms with E-state index in [1.54, 1.807) is 30.6 Å². The number of piperidine rings is 1. The molecule has 1 aromatic carbocycles. The highest BCUT2D eigenvalue weighted by molar-refractivity contribution is 7.89. The molecule has 0 unspecified atom stereocenters. The van der Waals surface area contributed by atoms with Gasteiger partial charge >= 0.3 is 0 Å². The molecule has 1 aromatic heterocycles. The van der Waals surface area contributed by atoms with E-state index in [0.29, 0.717) is 24.3 Å². The number of nitrogens with one attached hydrogen (secondary N) is 2. The molecule has 0 atom stereocenters. The minimum Gasteiger partial charge on any atom is -0.324 e. The van der Waals surface area contributed by atoms with E-state index < -0.39 is 10.0 Å². The fourth-order valence-electron chi connectivity index (χ4n) is 2.98. The summed E-state index contributed by atoms with van der Waals surface area (Å²) in [4.78, 5) is 12.7. The summed E-state index contributed by atoms with van der Waals surface area (Å²) in [5.41, 5.74) is 1.10. The second-order valence-electron chi connectivity index (χ2n) is 6.33. The first-order valence-electron chi connectivity index (χ1n) is 8.47. The van der Waals surface area contributed by atoms with E-state index >= 15 is 0 Å². The maximum Gasteiger partial charge on any atom is 0.244 e. The zero-order valence-corrected chi connectivity index (χ0v) is 16.2. The van der Waals surface area contributed by atoms with Crippen molar-refractivity contribution in [2.24, 2.45) is 0 Å². The molecule has 1 fully saturated rings. The van der Waals surface area contributed by atoms with Gasteiger partial charge in [-0.2, -0.15) is 4.31 Å². The molecule has 0 spiro atoms. The molecule has 0 radical (unpaired) electrons. The normalized spacial score (nSPS) is 15.7. The van der Waals surface area contributed by atoms with Gasteiger partial charge in [-0.3, -0.25) is 10.2 Å². The summed E-state index contributed by atoms with van der Waals surface area (Å²) < 4.78 is 28.9. The van der Waals surface area contributed by atoms with Crippen molar-refractivity contribution < 1.29 is 13.2 Å². The topological polar surface area (TPSA) is 95.3 Å². The summed E-state index contributed by atoms with van der Waals surface area (Å²) in [6.45, 7) is 2.86. The van der Waals surface area contributed by atoms with E-state index in [0.717, 1.165) is 19.3 Å². The van der Waals surface area contributed by atoms with Gasteiger partial charge in [0.25, 0.3) is 0 Å². The number of hydrogen-bond acceptors (Lipinski definition) is 5. The molecule has 140 valence electrons. The number of carbonyl (C=O) groups is 1. The molecule has 0 aliphatic carbocycles. The fourth-order valence-corrected chi connectivity index (χ4v) is 5.35. The number of amides is 1. The average molecular weight is 395 g/mol. The molecule has 2 N–H and O–H groups in total.